The number of nitrogens with zero attached hydrogens (tertiary/aromatic N) is 2. The molecule has 0 spiro atoms. The van der Waals surface area contributed by atoms with Gasteiger partial charge in [-0.25, -0.2) is 4.79 Å². The van der Waals surface area contributed by atoms with Crippen molar-refractivity contribution in [2.45, 2.75) is 65.5 Å². The van der Waals surface area contributed by atoms with Crippen LogP contribution >= 0.6 is 0 Å². The molecule has 0 atom stereocenters. The van der Waals surface area contributed by atoms with Crippen LogP contribution in [0.3, 0.4) is 0 Å². The highest BCUT2D eigenvalue weighted by Crippen LogP contribution is 2.19. The number of hydrogen-bond acceptors (Lipinski definition) is 4. The Hall–Kier alpha value is -2.08. The first-order chi connectivity index (χ1) is 15.0. The van der Waals surface area contributed by atoms with Crippen LogP contribution in [0.5, 0.6) is 0 Å². The Kier molecular flexibility index (Phi) is 9.19. The molecule has 6 nitrogen and oxygen atoms in total. The van der Waals surface area contributed by atoms with Gasteiger partial charge in [0.15, 0.2) is 0 Å². The van der Waals surface area contributed by atoms with Gasteiger partial charge in [-0.15, -0.1) is 0 Å². The molecule has 3 rings (SSSR count). The van der Waals surface area contributed by atoms with Gasteiger partial charge in [-0.1, -0.05) is 51.0 Å². The van der Waals surface area contributed by atoms with E-state index in [4.69, 9.17) is 4.74 Å². The van der Waals surface area contributed by atoms with Crippen LogP contribution in [0.2, 0.25) is 0 Å². The Morgan fingerprint density at radius 3 is 2.19 bits per heavy atom. The van der Waals surface area contributed by atoms with E-state index >= 15 is 0 Å². The van der Waals surface area contributed by atoms with E-state index in [1.54, 1.807) is 4.90 Å². The molecule has 1 aromatic carbocycles. The van der Waals surface area contributed by atoms with Gasteiger partial charge in [0.1, 0.15) is 0 Å². The van der Waals surface area contributed by atoms with Crippen molar-refractivity contribution < 1.29 is 14.3 Å². The maximum absolute atomic E-state index is 12.6. The van der Waals surface area contributed by atoms with Gasteiger partial charge >= 0.3 is 6.09 Å². The van der Waals surface area contributed by atoms with Crippen molar-refractivity contribution in [3.63, 3.8) is 0 Å². The van der Waals surface area contributed by atoms with Crippen molar-refractivity contribution in [3.8, 4) is 0 Å². The minimum atomic E-state index is -0.257. The average molecular weight is 430 g/mol. The van der Waals surface area contributed by atoms with E-state index in [-0.39, 0.29) is 17.9 Å². The number of likely N-dealkylation sites (tertiary alicyclic amines) is 2. The summed E-state index contributed by atoms with van der Waals surface area (Å²) >= 11 is 0. The molecular formula is C25H39N3O3. The number of benzene rings is 1. The second kappa shape index (κ2) is 12.1. The van der Waals surface area contributed by atoms with Gasteiger partial charge in [-0.05, 0) is 55.8 Å². The maximum atomic E-state index is 12.6. The van der Waals surface area contributed by atoms with Crippen LogP contribution < -0.4 is 5.32 Å². The molecular weight excluding hydrogens is 390 g/mol. The number of carbonyl (C=O) groups is 2. The standard InChI is InChI=1S/C25H39N3O3/c1-20(2)19-31-25(30)28-15-11-23(12-16-28)24(29)26-17-21-7-9-22(10-8-21)18-27-13-5-3-4-6-14-27/h7-10,20,23H,3-6,11-19H2,1-2H3,(H,26,29). The zero-order valence-corrected chi connectivity index (χ0v) is 19.3. The molecule has 2 fully saturated rings. The highest BCUT2D eigenvalue weighted by Gasteiger charge is 2.28. The van der Waals surface area contributed by atoms with E-state index in [0.29, 0.717) is 45.0 Å². The van der Waals surface area contributed by atoms with Crippen LogP contribution in [0.1, 0.15) is 63.5 Å². The number of carbonyl (C=O) groups excluding carboxylic acids is 2. The Balaban J connectivity index is 1.37. The lowest BCUT2D eigenvalue weighted by molar-refractivity contribution is -0.126. The number of piperidine rings is 1. The van der Waals surface area contributed by atoms with E-state index in [9.17, 15) is 9.59 Å². The summed E-state index contributed by atoms with van der Waals surface area (Å²) in [4.78, 5) is 28.9. The second-order valence-electron chi connectivity index (χ2n) is 9.46. The molecule has 0 unspecified atom stereocenters. The quantitative estimate of drug-likeness (QED) is 0.706. The van der Waals surface area contributed by atoms with E-state index in [0.717, 1.165) is 12.1 Å². The summed E-state index contributed by atoms with van der Waals surface area (Å²) in [5, 5.41) is 3.08. The highest BCUT2D eigenvalue weighted by molar-refractivity contribution is 5.79. The molecule has 1 N–H and O–H groups in total. The van der Waals surface area contributed by atoms with Crippen LogP contribution in [0.25, 0.3) is 0 Å². The number of hydrogen-bond donors (Lipinski definition) is 1. The van der Waals surface area contributed by atoms with Crippen LogP contribution in [0.15, 0.2) is 24.3 Å². The highest BCUT2D eigenvalue weighted by atomic mass is 16.6. The smallest absolute Gasteiger partial charge is 0.409 e. The number of nitrogens with one attached hydrogen (secondary N) is 1. The van der Waals surface area contributed by atoms with Gasteiger partial charge in [-0.3, -0.25) is 9.69 Å². The minimum Gasteiger partial charge on any atom is -0.449 e. The van der Waals surface area contributed by atoms with Gasteiger partial charge in [0.2, 0.25) is 5.91 Å². The Bertz CT molecular complexity index is 688. The first-order valence-electron chi connectivity index (χ1n) is 12.0. The third-order valence-corrected chi connectivity index (χ3v) is 6.26. The summed E-state index contributed by atoms with van der Waals surface area (Å²) < 4.78 is 5.29. The molecule has 0 radical (unpaired) electrons. The van der Waals surface area contributed by atoms with Crippen LogP contribution in [-0.2, 0) is 22.6 Å². The van der Waals surface area contributed by atoms with E-state index in [1.165, 1.54) is 44.3 Å². The lowest BCUT2D eigenvalue weighted by Gasteiger charge is -2.30. The van der Waals surface area contributed by atoms with Crippen molar-refractivity contribution in [3.05, 3.63) is 35.4 Å². The molecule has 2 saturated heterocycles. The topological polar surface area (TPSA) is 61.9 Å². The van der Waals surface area contributed by atoms with Crippen molar-refractivity contribution >= 4 is 12.0 Å². The van der Waals surface area contributed by atoms with Gasteiger partial charge in [0, 0.05) is 32.1 Å². The Morgan fingerprint density at radius 2 is 1.58 bits per heavy atom. The Labute approximate surface area is 187 Å². The maximum Gasteiger partial charge on any atom is 0.409 e. The fourth-order valence-electron chi connectivity index (χ4n) is 4.30. The fourth-order valence-corrected chi connectivity index (χ4v) is 4.30. The third kappa shape index (κ3) is 7.84. The summed E-state index contributed by atoms with van der Waals surface area (Å²) in [5.41, 5.74) is 2.47. The molecule has 0 saturated carbocycles. The van der Waals surface area contributed by atoms with Crippen molar-refractivity contribution in [2.24, 2.45) is 11.8 Å². The first kappa shape index (κ1) is 23.6. The normalized spacial score (nSPS) is 18.6. The van der Waals surface area contributed by atoms with Gasteiger partial charge in [-0.2, -0.15) is 0 Å². The largest absolute Gasteiger partial charge is 0.449 e. The molecule has 0 aromatic heterocycles. The second-order valence-corrected chi connectivity index (χ2v) is 9.46. The molecule has 31 heavy (non-hydrogen) atoms. The molecule has 2 aliphatic heterocycles. The van der Waals surface area contributed by atoms with Crippen LogP contribution in [-0.4, -0.2) is 54.6 Å². The summed E-state index contributed by atoms with van der Waals surface area (Å²) in [6, 6.07) is 8.63. The average Bonchev–Trinajstić information content (AvgIpc) is 3.05. The molecule has 0 bridgehead atoms. The van der Waals surface area contributed by atoms with Gasteiger partial charge in [0.25, 0.3) is 0 Å². The number of amides is 2. The van der Waals surface area contributed by atoms with Crippen molar-refractivity contribution in [2.75, 3.05) is 32.8 Å². The van der Waals surface area contributed by atoms with Crippen molar-refractivity contribution in [1.29, 1.82) is 0 Å². The summed E-state index contributed by atoms with van der Waals surface area (Å²) in [6.07, 6.45) is 6.46. The molecule has 2 aliphatic rings. The third-order valence-electron chi connectivity index (χ3n) is 6.26. The zero-order chi connectivity index (χ0) is 22.1. The summed E-state index contributed by atoms with van der Waals surface area (Å²) in [6.45, 7) is 9.62. The fraction of sp³-hybridized carbons (Fsp3) is 0.680. The number of rotatable bonds is 7. The van der Waals surface area contributed by atoms with Crippen LogP contribution in [0, 0.1) is 11.8 Å². The summed E-state index contributed by atoms with van der Waals surface area (Å²) in [7, 11) is 0. The minimum absolute atomic E-state index is 0.0311. The molecule has 1 aromatic rings. The van der Waals surface area contributed by atoms with Gasteiger partial charge in [0.05, 0.1) is 6.61 Å². The lowest BCUT2D eigenvalue weighted by Crippen LogP contribution is -2.43. The molecule has 2 amide bonds. The summed E-state index contributed by atoms with van der Waals surface area (Å²) in [5.74, 6) is 0.385. The van der Waals surface area contributed by atoms with Gasteiger partial charge < -0.3 is 15.0 Å². The SMILES string of the molecule is CC(C)COC(=O)N1CCC(C(=O)NCc2ccc(CN3CCCCCC3)cc2)CC1. The number of ether oxygens (including phenoxy) is 1. The van der Waals surface area contributed by atoms with Crippen molar-refractivity contribution in [1.82, 2.24) is 15.1 Å². The first-order valence-corrected chi connectivity index (χ1v) is 12.0. The Morgan fingerprint density at radius 1 is 0.968 bits per heavy atom. The molecule has 172 valence electrons. The van der Waals surface area contributed by atoms with E-state index in [1.807, 2.05) is 13.8 Å². The zero-order valence-electron chi connectivity index (χ0n) is 19.3. The molecule has 6 heteroatoms. The monoisotopic (exact) mass is 429 g/mol. The van der Waals surface area contributed by atoms with E-state index in [2.05, 4.69) is 34.5 Å². The predicted octanol–water partition coefficient (Wildman–Crippen LogP) is 4.18. The molecule has 2 heterocycles. The van der Waals surface area contributed by atoms with E-state index < -0.39 is 0 Å². The molecule has 0 aliphatic carbocycles. The predicted molar refractivity (Wildman–Crippen MR) is 123 cm³/mol. The lowest BCUT2D eigenvalue weighted by atomic mass is 9.96. The van der Waals surface area contributed by atoms with Crippen LogP contribution in [0.4, 0.5) is 4.79 Å².